The van der Waals surface area contributed by atoms with Gasteiger partial charge in [-0.05, 0) is 32.4 Å². The van der Waals surface area contributed by atoms with Crippen molar-refractivity contribution in [1.82, 2.24) is 15.2 Å². The summed E-state index contributed by atoms with van der Waals surface area (Å²) in [5.74, 6) is -0.208. The number of carbonyl (C=O) groups excluding carboxylic acids is 1. The molecule has 138 valence electrons. The highest BCUT2D eigenvalue weighted by Gasteiger charge is 2.43. The van der Waals surface area contributed by atoms with Gasteiger partial charge in [-0.15, -0.1) is 0 Å². The zero-order chi connectivity index (χ0) is 18.4. The fourth-order valence-electron chi connectivity index (χ4n) is 4.20. The Labute approximate surface area is 151 Å². The number of nitrogens with zero attached hydrogens (tertiary/aromatic N) is 3. The molecule has 2 atom stereocenters. The van der Waals surface area contributed by atoms with Crippen molar-refractivity contribution in [3.05, 3.63) is 30.2 Å². The van der Waals surface area contributed by atoms with Gasteiger partial charge in [0.2, 0.25) is 0 Å². The van der Waals surface area contributed by atoms with Gasteiger partial charge >= 0.3 is 6.03 Å². The van der Waals surface area contributed by atoms with Gasteiger partial charge in [0, 0.05) is 42.5 Å². The second-order valence-corrected chi connectivity index (χ2v) is 7.19. The van der Waals surface area contributed by atoms with E-state index in [9.17, 15) is 9.18 Å². The van der Waals surface area contributed by atoms with E-state index in [0.717, 1.165) is 30.6 Å². The standard InChI is InChI=1S/C19H23FN4O2/c1-11(2)24-17-5-7-23(10-15(17)22-19(24)25)16-4-6-21-14-9-13(20)18(26-3)8-12(14)16/h4,6,8-9,11,15,17H,5,7,10H2,1-3H3,(H,22,25)/t15-,17+/m1/s1. The van der Waals surface area contributed by atoms with Gasteiger partial charge in [-0.2, -0.15) is 0 Å². The first-order valence-corrected chi connectivity index (χ1v) is 8.95. The minimum atomic E-state index is -0.418. The molecule has 1 aromatic heterocycles. The Hall–Kier alpha value is -2.57. The van der Waals surface area contributed by atoms with E-state index in [1.807, 2.05) is 24.8 Å². The lowest BCUT2D eigenvalue weighted by atomic mass is 9.98. The maximum Gasteiger partial charge on any atom is 0.318 e. The molecule has 2 aliphatic rings. The van der Waals surface area contributed by atoms with Crippen LogP contribution >= 0.6 is 0 Å². The Kier molecular flexibility index (Phi) is 4.09. The van der Waals surface area contributed by atoms with Crippen molar-refractivity contribution in [3.63, 3.8) is 0 Å². The number of urea groups is 1. The van der Waals surface area contributed by atoms with Crippen LogP contribution in [0.2, 0.25) is 0 Å². The molecular formula is C19H23FN4O2. The molecule has 2 aliphatic heterocycles. The minimum Gasteiger partial charge on any atom is -0.494 e. The Bertz CT molecular complexity index is 857. The largest absolute Gasteiger partial charge is 0.494 e. The van der Waals surface area contributed by atoms with Crippen LogP contribution in [-0.2, 0) is 0 Å². The molecule has 1 aromatic carbocycles. The fraction of sp³-hybridized carbons (Fsp3) is 0.474. The van der Waals surface area contributed by atoms with Crippen LogP contribution in [0.3, 0.4) is 0 Å². The maximum absolute atomic E-state index is 14.0. The van der Waals surface area contributed by atoms with E-state index >= 15 is 0 Å². The number of anilines is 1. The second kappa shape index (κ2) is 6.30. The van der Waals surface area contributed by atoms with Gasteiger partial charge in [0.25, 0.3) is 0 Å². The molecule has 0 unspecified atom stereocenters. The van der Waals surface area contributed by atoms with E-state index in [1.165, 1.54) is 13.2 Å². The van der Waals surface area contributed by atoms with Gasteiger partial charge < -0.3 is 19.9 Å². The van der Waals surface area contributed by atoms with Gasteiger partial charge in [-0.1, -0.05) is 0 Å². The summed E-state index contributed by atoms with van der Waals surface area (Å²) in [7, 11) is 1.46. The first-order chi connectivity index (χ1) is 12.5. The van der Waals surface area contributed by atoms with Crippen LogP contribution in [0.15, 0.2) is 24.4 Å². The Morgan fingerprint density at radius 1 is 1.38 bits per heavy atom. The summed E-state index contributed by atoms with van der Waals surface area (Å²) in [6, 6.07) is 5.56. The Morgan fingerprint density at radius 3 is 2.92 bits per heavy atom. The quantitative estimate of drug-likeness (QED) is 0.917. The third kappa shape index (κ3) is 2.62. The SMILES string of the molecule is COc1cc2c(N3CC[C@H]4[C@@H](C3)NC(=O)N4C(C)C)ccnc2cc1F. The highest BCUT2D eigenvalue weighted by atomic mass is 19.1. The van der Waals surface area contributed by atoms with Crippen LogP contribution in [0.1, 0.15) is 20.3 Å². The molecule has 2 saturated heterocycles. The third-order valence-corrected chi connectivity index (χ3v) is 5.37. The van der Waals surface area contributed by atoms with Crippen LogP contribution in [0.4, 0.5) is 14.9 Å². The number of ether oxygens (including phenoxy) is 1. The molecule has 2 amide bonds. The number of piperidine rings is 1. The molecule has 2 fully saturated rings. The number of amides is 2. The van der Waals surface area contributed by atoms with Gasteiger partial charge in [-0.25, -0.2) is 9.18 Å². The highest BCUT2D eigenvalue weighted by Crippen LogP contribution is 2.34. The molecule has 7 heteroatoms. The van der Waals surface area contributed by atoms with E-state index in [0.29, 0.717) is 5.52 Å². The summed E-state index contributed by atoms with van der Waals surface area (Å²) >= 11 is 0. The zero-order valence-corrected chi connectivity index (χ0v) is 15.2. The lowest BCUT2D eigenvalue weighted by molar-refractivity contribution is 0.175. The number of halogens is 1. The zero-order valence-electron chi connectivity index (χ0n) is 15.2. The number of methoxy groups -OCH3 is 1. The molecule has 4 rings (SSSR count). The molecule has 2 aromatic rings. The summed E-state index contributed by atoms with van der Waals surface area (Å²) in [6.07, 6.45) is 2.59. The van der Waals surface area contributed by atoms with E-state index in [2.05, 4.69) is 15.2 Å². The van der Waals surface area contributed by atoms with Crippen molar-refractivity contribution in [2.24, 2.45) is 0 Å². The summed E-state index contributed by atoms with van der Waals surface area (Å²) in [4.78, 5) is 20.8. The van der Waals surface area contributed by atoms with Crippen LogP contribution in [0.25, 0.3) is 10.9 Å². The average Bonchev–Trinajstić information content (AvgIpc) is 2.95. The van der Waals surface area contributed by atoms with Gasteiger partial charge in [0.15, 0.2) is 11.6 Å². The average molecular weight is 358 g/mol. The van der Waals surface area contributed by atoms with Gasteiger partial charge in [-0.3, -0.25) is 4.98 Å². The number of hydrogen-bond donors (Lipinski definition) is 1. The van der Waals surface area contributed by atoms with E-state index in [1.54, 1.807) is 12.3 Å². The molecule has 1 N–H and O–H groups in total. The van der Waals surface area contributed by atoms with Crippen LogP contribution in [0.5, 0.6) is 5.75 Å². The minimum absolute atomic E-state index is 0.0141. The molecule has 3 heterocycles. The maximum atomic E-state index is 14.0. The summed E-state index contributed by atoms with van der Waals surface area (Å²) in [5, 5.41) is 3.97. The van der Waals surface area contributed by atoms with E-state index in [-0.39, 0.29) is 29.9 Å². The number of rotatable bonds is 3. The predicted octanol–water partition coefficient (Wildman–Crippen LogP) is 2.76. The van der Waals surface area contributed by atoms with Crippen molar-refractivity contribution >= 4 is 22.6 Å². The molecule has 6 nitrogen and oxygen atoms in total. The van der Waals surface area contributed by atoms with Crippen molar-refractivity contribution < 1.29 is 13.9 Å². The number of carbonyl (C=O) groups is 1. The molecule has 0 saturated carbocycles. The molecule has 0 spiro atoms. The van der Waals surface area contributed by atoms with Crippen molar-refractivity contribution in [3.8, 4) is 5.75 Å². The second-order valence-electron chi connectivity index (χ2n) is 7.19. The normalized spacial score (nSPS) is 22.7. The summed E-state index contributed by atoms with van der Waals surface area (Å²) in [5.41, 5.74) is 1.59. The first kappa shape index (κ1) is 16.9. The van der Waals surface area contributed by atoms with Gasteiger partial charge in [0.05, 0.1) is 24.7 Å². The van der Waals surface area contributed by atoms with Crippen molar-refractivity contribution in [2.75, 3.05) is 25.1 Å². The molecule has 26 heavy (non-hydrogen) atoms. The summed E-state index contributed by atoms with van der Waals surface area (Å²) in [6.45, 7) is 5.65. The summed E-state index contributed by atoms with van der Waals surface area (Å²) < 4.78 is 19.1. The fourth-order valence-corrected chi connectivity index (χ4v) is 4.20. The predicted molar refractivity (Wildman–Crippen MR) is 98.2 cm³/mol. The van der Waals surface area contributed by atoms with E-state index < -0.39 is 5.82 Å². The first-order valence-electron chi connectivity index (χ1n) is 8.95. The number of hydrogen-bond acceptors (Lipinski definition) is 4. The number of benzene rings is 1. The Morgan fingerprint density at radius 2 is 2.19 bits per heavy atom. The number of fused-ring (bicyclic) bond motifs is 2. The number of pyridine rings is 1. The highest BCUT2D eigenvalue weighted by molar-refractivity contribution is 5.93. The third-order valence-electron chi connectivity index (χ3n) is 5.37. The topological polar surface area (TPSA) is 57.7 Å². The van der Waals surface area contributed by atoms with Crippen LogP contribution in [0, 0.1) is 5.82 Å². The van der Waals surface area contributed by atoms with Gasteiger partial charge in [0.1, 0.15) is 0 Å². The van der Waals surface area contributed by atoms with E-state index in [4.69, 9.17) is 4.74 Å². The number of nitrogens with one attached hydrogen (secondary N) is 1. The smallest absolute Gasteiger partial charge is 0.318 e. The molecule has 0 radical (unpaired) electrons. The lowest BCUT2D eigenvalue weighted by Crippen LogP contribution is -2.52. The van der Waals surface area contributed by atoms with Crippen molar-refractivity contribution in [2.45, 2.75) is 38.4 Å². The molecule has 0 bridgehead atoms. The van der Waals surface area contributed by atoms with Crippen LogP contribution < -0.4 is 15.0 Å². The number of aromatic nitrogens is 1. The lowest BCUT2D eigenvalue weighted by Gasteiger charge is -2.39. The molecular weight excluding hydrogens is 335 g/mol. The van der Waals surface area contributed by atoms with Crippen LogP contribution in [-0.4, -0.2) is 54.2 Å². The Balaban J connectivity index is 1.66. The monoisotopic (exact) mass is 358 g/mol. The van der Waals surface area contributed by atoms with Crippen molar-refractivity contribution in [1.29, 1.82) is 0 Å². The molecule has 0 aliphatic carbocycles.